The van der Waals surface area contributed by atoms with E-state index in [1.54, 1.807) is 18.1 Å². The van der Waals surface area contributed by atoms with Crippen LogP contribution in [0.4, 0.5) is 9.18 Å². The Morgan fingerprint density at radius 3 is 2.69 bits per heavy atom. The molecule has 1 aliphatic heterocycles. The first-order chi connectivity index (χ1) is 14.9. The van der Waals surface area contributed by atoms with E-state index in [9.17, 15) is 14.0 Å². The lowest BCUT2D eigenvalue weighted by Gasteiger charge is -2.41. The lowest BCUT2D eigenvalue weighted by Crippen LogP contribution is -2.61. The molecule has 3 heterocycles. The predicted molar refractivity (Wildman–Crippen MR) is 121 cm³/mol. The molecule has 0 bridgehead atoms. The highest BCUT2D eigenvalue weighted by Crippen LogP contribution is 2.29. The maximum absolute atomic E-state index is 14.5. The van der Waals surface area contributed by atoms with E-state index in [4.69, 9.17) is 21.1 Å². The van der Waals surface area contributed by atoms with E-state index in [1.807, 2.05) is 27.7 Å². The molecule has 2 aromatic rings. The van der Waals surface area contributed by atoms with Gasteiger partial charge >= 0.3 is 6.09 Å². The fourth-order valence-electron chi connectivity index (χ4n) is 3.32. The van der Waals surface area contributed by atoms with Crippen molar-refractivity contribution in [3.8, 4) is 5.88 Å². The predicted octanol–water partition coefficient (Wildman–Crippen LogP) is 3.20. The molecule has 0 unspecified atom stereocenters. The molecule has 1 amide bonds. The van der Waals surface area contributed by atoms with Crippen molar-refractivity contribution in [2.24, 2.45) is 0 Å². The average Bonchev–Trinajstić information content (AvgIpc) is 2.70. The summed E-state index contributed by atoms with van der Waals surface area (Å²) in [5.74, 6) is -1.01. The van der Waals surface area contributed by atoms with Gasteiger partial charge in [-0.15, -0.1) is 0 Å². The molecule has 0 spiro atoms. The van der Waals surface area contributed by atoms with E-state index in [-0.39, 0.29) is 34.0 Å². The maximum atomic E-state index is 14.5. The first-order valence-electron chi connectivity index (χ1n) is 10.1. The Bertz CT molecular complexity index is 1080. The molecule has 12 heteroatoms. The number of carbonyl (C=O) groups excluding carboxylic acids is 1. The van der Waals surface area contributed by atoms with Crippen LogP contribution in [0, 0.1) is 5.82 Å². The Morgan fingerprint density at radius 1 is 1.38 bits per heavy atom. The van der Waals surface area contributed by atoms with Crippen LogP contribution in [0.15, 0.2) is 9.95 Å². The van der Waals surface area contributed by atoms with Crippen LogP contribution in [0.2, 0.25) is 5.15 Å². The van der Waals surface area contributed by atoms with Crippen LogP contribution in [0.3, 0.4) is 0 Å². The van der Waals surface area contributed by atoms with Gasteiger partial charge in [-0.25, -0.2) is 14.2 Å². The number of hydrogen-bond donors (Lipinski definition) is 2. The minimum absolute atomic E-state index is 0.0791. The second-order valence-electron chi connectivity index (χ2n) is 8.64. The number of pyridine rings is 1. The summed E-state index contributed by atoms with van der Waals surface area (Å²) in [7, 11) is 0. The number of nitrogens with one attached hydrogen (secondary N) is 2. The van der Waals surface area contributed by atoms with Gasteiger partial charge in [-0.2, -0.15) is 4.98 Å². The van der Waals surface area contributed by atoms with Gasteiger partial charge in [0.05, 0.1) is 6.04 Å². The first kappa shape index (κ1) is 24.5. The summed E-state index contributed by atoms with van der Waals surface area (Å²) < 4.78 is 26.0. The van der Waals surface area contributed by atoms with Crippen molar-refractivity contribution in [3.63, 3.8) is 0 Å². The third-order valence-electron chi connectivity index (χ3n) is 4.99. The molecule has 0 aliphatic carbocycles. The zero-order chi connectivity index (χ0) is 23.8. The van der Waals surface area contributed by atoms with E-state index < -0.39 is 34.3 Å². The van der Waals surface area contributed by atoms with Crippen molar-refractivity contribution in [1.29, 1.82) is 0 Å². The fourth-order valence-corrected chi connectivity index (χ4v) is 3.86. The van der Waals surface area contributed by atoms with E-state index in [1.165, 1.54) is 0 Å². The monoisotopic (exact) mass is 487 g/mol. The fraction of sp³-hybridized carbons (Fsp3) is 0.600. The summed E-state index contributed by atoms with van der Waals surface area (Å²) in [4.78, 5) is 37.5. The second-order valence-corrected chi connectivity index (χ2v) is 9.79. The normalized spacial score (nSPS) is 20.3. The highest BCUT2D eigenvalue weighted by atomic mass is 35.5. The van der Waals surface area contributed by atoms with Crippen LogP contribution in [0.5, 0.6) is 5.88 Å². The number of rotatable bonds is 4. The Hall–Kier alpha value is -2.11. The van der Waals surface area contributed by atoms with E-state index in [2.05, 4.69) is 20.3 Å². The SMILES string of the molecule is CSc1nc2c(F)c(Cl)nc(O[C@@H](C)[C@@H]3CN(C(=O)OC(C)(C)C)[C@H](C)CN3)c2c(=O)[nH]1. The van der Waals surface area contributed by atoms with Gasteiger partial charge in [-0.05, 0) is 40.9 Å². The van der Waals surface area contributed by atoms with Gasteiger partial charge in [0.1, 0.15) is 22.6 Å². The molecule has 0 aromatic carbocycles. The number of hydrogen-bond acceptors (Lipinski definition) is 8. The number of amides is 1. The van der Waals surface area contributed by atoms with Gasteiger partial charge < -0.3 is 24.7 Å². The molecule has 3 rings (SSSR count). The second kappa shape index (κ2) is 9.40. The summed E-state index contributed by atoms with van der Waals surface area (Å²) in [6.45, 7) is 9.95. The molecule has 1 saturated heterocycles. The van der Waals surface area contributed by atoms with Gasteiger partial charge in [0.15, 0.2) is 16.1 Å². The van der Waals surface area contributed by atoms with E-state index in [0.717, 1.165) is 11.8 Å². The average molecular weight is 488 g/mol. The van der Waals surface area contributed by atoms with Gasteiger partial charge in [0, 0.05) is 19.1 Å². The topological polar surface area (TPSA) is 109 Å². The van der Waals surface area contributed by atoms with Gasteiger partial charge in [0.2, 0.25) is 5.88 Å². The highest BCUT2D eigenvalue weighted by Gasteiger charge is 2.35. The number of aromatic nitrogens is 3. The van der Waals surface area contributed by atoms with Crippen LogP contribution >= 0.6 is 23.4 Å². The molecular formula is C20H27ClFN5O4S. The Balaban J connectivity index is 1.87. The molecule has 32 heavy (non-hydrogen) atoms. The van der Waals surface area contributed by atoms with Crippen LogP contribution < -0.4 is 15.6 Å². The van der Waals surface area contributed by atoms with Crippen molar-refractivity contribution >= 4 is 40.4 Å². The Morgan fingerprint density at radius 2 is 2.06 bits per heavy atom. The van der Waals surface area contributed by atoms with Gasteiger partial charge in [-0.1, -0.05) is 23.4 Å². The third-order valence-corrected chi connectivity index (χ3v) is 5.82. The van der Waals surface area contributed by atoms with Crippen molar-refractivity contribution < 1.29 is 18.7 Å². The van der Waals surface area contributed by atoms with Crippen LogP contribution in [0.25, 0.3) is 10.9 Å². The van der Waals surface area contributed by atoms with Crippen molar-refractivity contribution in [3.05, 3.63) is 21.3 Å². The molecule has 1 fully saturated rings. The molecule has 3 atom stereocenters. The minimum Gasteiger partial charge on any atom is -0.472 e. The smallest absolute Gasteiger partial charge is 0.410 e. The van der Waals surface area contributed by atoms with Gasteiger partial charge in [-0.3, -0.25) is 4.79 Å². The van der Waals surface area contributed by atoms with E-state index >= 15 is 0 Å². The molecule has 176 valence electrons. The molecule has 1 aliphatic rings. The lowest BCUT2D eigenvalue weighted by atomic mass is 10.1. The molecule has 0 radical (unpaired) electrons. The number of carbonyl (C=O) groups is 1. The zero-order valence-electron chi connectivity index (χ0n) is 18.8. The molecule has 9 nitrogen and oxygen atoms in total. The highest BCUT2D eigenvalue weighted by molar-refractivity contribution is 7.98. The first-order valence-corrected chi connectivity index (χ1v) is 11.7. The molecule has 0 saturated carbocycles. The number of ether oxygens (including phenoxy) is 2. The number of halogens is 2. The molecular weight excluding hydrogens is 461 g/mol. The van der Waals surface area contributed by atoms with Crippen LogP contribution in [-0.4, -0.2) is 69.1 Å². The third kappa shape index (κ3) is 5.26. The van der Waals surface area contributed by atoms with E-state index in [0.29, 0.717) is 13.1 Å². The Labute approximate surface area is 194 Å². The lowest BCUT2D eigenvalue weighted by molar-refractivity contribution is 0.00292. The van der Waals surface area contributed by atoms with Crippen LogP contribution in [-0.2, 0) is 4.74 Å². The van der Waals surface area contributed by atoms with Crippen molar-refractivity contribution in [1.82, 2.24) is 25.2 Å². The number of fused-ring (bicyclic) bond motifs is 1. The number of H-pyrrole nitrogens is 1. The maximum Gasteiger partial charge on any atom is 0.410 e. The largest absolute Gasteiger partial charge is 0.472 e. The Kier molecular flexibility index (Phi) is 7.21. The summed E-state index contributed by atoms with van der Waals surface area (Å²) in [6.07, 6.45) is 0.753. The number of aromatic amines is 1. The zero-order valence-corrected chi connectivity index (χ0v) is 20.4. The number of nitrogens with zero attached hydrogens (tertiary/aromatic N) is 3. The number of thioether (sulfide) groups is 1. The summed E-state index contributed by atoms with van der Waals surface area (Å²) in [5, 5.41) is 3.02. The quantitative estimate of drug-likeness (QED) is 0.384. The molecule has 2 aromatic heterocycles. The van der Waals surface area contributed by atoms with Crippen molar-refractivity contribution in [2.75, 3.05) is 19.3 Å². The van der Waals surface area contributed by atoms with Crippen LogP contribution in [0.1, 0.15) is 34.6 Å². The summed E-state index contributed by atoms with van der Waals surface area (Å²) >= 11 is 7.11. The summed E-state index contributed by atoms with van der Waals surface area (Å²) in [5.41, 5.74) is -1.40. The standard InChI is InChI=1S/C20H27ClFN5O4S/c1-9-7-23-11(8-27(9)19(29)31-20(3,4)5)10(2)30-17-12-14(13(22)15(21)25-17)24-18(32-6)26-16(12)28/h9-11,23H,7-8H2,1-6H3,(H,24,26,28)/t9-,10+,11+/m1/s1. The minimum atomic E-state index is -0.885. The van der Waals surface area contributed by atoms with Gasteiger partial charge in [0.25, 0.3) is 5.56 Å². The number of piperazine rings is 1. The van der Waals surface area contributed by atoms with Crippen molar-refractivity contribution in [2.45, 2.75) is 63.6 Å². The summed E-state index contributed by atoms with van der Waals surface area (Å²) in [6, 6.07) is -0.374. The molecule has 2 N–H and O–H groups in total.